The van der Waals surface area contributed by atoms with Gasteiger partial charge >= 0.3 is 0 Å². The Kier molecular flexibility index (Phi) is 2.35. The highest BCUT2D eigenvalue weighted by molar-refractivity contribution is 5.38. The Morgan fingerprint density at radius 1 is 1.47 bits per heavy atom. The number of nitrogens with zero attached hydrogens (tertiary/aromatic N) is 5. The minimum absolute atomic E-state index is 0.582. The maximum Gasteiger partial charge on any atom is 0.169 e. The predicted octanol–water partition coefficient (Wildman–Crippen LogP) is 0.714. The number of hydrogen-bond donors (Lipinski definition) is 1. The maximum absolute atomic E-state index is 5.84. The Bertz CT molecular complexity index is 522. The van der Waals surface area contributed by atoms with Crippen LogP contribution in [0.3, 0.4) is 0 Å². The van der Waals surface area contributed by atoms with Crippen LogP contribution in [-0.2, 0) is 20.0 Å². The highest BCUT2D eigenvalue weighted by atomic mass is 15.4. The van der Waals surface area contributed by atoms with Crippen molar-refractivity contribution in [2.75, 3.05) is 5.73 Å². The lowest BCUT2D eigenvalue weighted by Gasteiger charge is -2.04. The van der Waals surface area contributed by atoms with Crippen LogP contribution >= 0.6 is 0 Å². The van der Waals surface area contributed by atoms with Gasteiger partial charge in [-0.1, -0.05) is 5.21 Å². The lowest BCUT2D eigenvalue weighted by atomic mass is 10.2. The molecule has 0 radical (unpaired) electrons. The highest BCUT2D eigenvalue weighted by Crippen LogP contribution is 2.41. The van der Waals surface area contributed by atoms with Crippen molar-refractivity contribution in [2.24, 2.45) is 7.05 Å². The van der Waals surface area contributed by atoms with Gasteiger partial charge in [0, 0.05) is 25.7 Å². The van der Waals surface area contributed by atoms with Crippen molar-refractivity contribution >= 4 is 5.82 Å². The number of rotatable bonds is 4. The molecule has 17 heavy (non-hydrogen) atoms. The molecule has 0 bridgehead atoms. The van der Waals surface area contributed by atoms with Gasteiger partial charge in [-0.2, -0.15) is 5.10 Å². The van der Waals surface area contributed by atoms with E-state index in [1.54, 1.807) is 0 Å². The lowest BCUT2D eigenvalue weighted by molar-refractivity contribution is 0.565. The van der Waals surface area contributed by atoms with Crippen LogP contribution in [0, 0.1) is 0 Å². The molecule has 0 saturated heterocycles. The Balaban J connectivity index is 1.72. The summed E-state index contributed by atoms with van der Waals surface area (Å²) in [4.78, 5) is 0. The van der Waals surface area contributed by atoms with Crippen LogP contribution in [0.25, 0.3) is 0 Å². The molecule has 0 aromatic carbocycles. The van der Waals surface area contributed by atoms with E-state index in [0.717, 1.165) is 18.7 Å². The third-order valence-corrected chi connectivity index (χ3v) is 3.14. The zero-order valence-corrected chi connectivity index (χ0v) is 9.87. The molecule has 0 atom stereocenters. The Hall–Kier alpha value is -1.85. The van der Waals surface area contributed by atoms with Gasteiger partial charge in [0.15, 0.2) is 5.82 Å². The van der Waals surface area contributed by atoms with E-state index in [1.165, 1.54) is 18.4 Å². The normalized spacial score (nSPS) is 15.4. The van der Waals surface area contributed by atoms with Gasteiger partial charge in [-0.05, 0) is 24.8 Å². The van der Waals surface area contributed by atoms with Gasteiger partial charge in [0.1, 0.15) is 0 Å². The zero-order chi connectivity index (χ0) is 11.8. The van der Waals surface area contributed by atoms with E-state index in [1.807, 2.05) is 28.8 Å². The average Bonchev–Trinajstić information content (AvgIpc) is 2.95. The van der Waals surface area contributed by atoms with E-state index >= 15 is 0 Å². The molecule has 90 valence electrons. The molecule has 3 rings (SSSR count). The van der Waals surface area contributed by atoms with Gasteiger partial charge in [-0.15, -0.1) is 5.10 Å². The van der Waals surface area contributed by atoms with Gasteiger partial charge in [0.05, 0.1) is 11.9 Å². The summed E-state index contributed by atoms with van der Waals surface area (Å²) in [6.45, 7) is 0.821. The van der Waals surface area contributed by atoms with Crippen molar-refractivity contribution in [2.45, 2.75) is 31.7 Å². The Morgan fingerprint density at radius 3 is 2.94 bits per heavy atom. The molecule has 2 aromatic heterocycles. The molecule has 0 unspecified atom stereocenters. The number of aryl methyl sites for hydroxylation is 3. The topological polar surface area (TPSA) is 74.5 Å². The zero-order valence-electron chi connectivity index (χ0n) is 9.87. The minimum Gasteiger partial charge on any atom is -0.381 e. The third kappa shape index (κ3) is 2.02. The molecule has 2 aromatic rings. The summed E-state index contributed by atoms with van der Waals surface area (Å²) in [5, 5.41) is 12.2. The third-order valence-electron chi connectivity index (χ3n) is 3.14. The van der Waals surface area contributed by atoms with Gasteiger partial charge in [0.25, 0.3) is 0 Å². The van der Waals surface area contributed by atoms with E-state index in [2.05, 4.69) is 15.4 Å². The van der Waals surface area contributed by atoms with Gasteiger partial charge in [0.2, 0.25) is 0 Å². The van der Waals surface area contributed by atoms with Gasteiger partial charge in [-0.3, -0.25) is 4.68 Å². The summed E-state index contributed by atoms with van der Waals surface area (Å²) in [5.41, 5.74) is 8.18. The van der Waals surface area contributed by atoms with Crippen molar-refractivity contribution in [1.29, 1.82) is 0 Å². The molecular formula is C11H16N6. The fourth-order valence-electron chi connectivity index (χ4n) is 2.11. The summed E-state index contributed by atoms with van der Waals surface area (Å²) >= 11 is 0. The molecular weight excluding hydrogens is 216 g/mol. The molecule has 1 aliphatic rings. The fraction of sp³-hybridized carbons (Fsp3) is 0.545. The van der Waals surface area contributed by atoms with Crippen molar-refractivity contribution in [1.82, 2.24) is 24.8 Å². The van der Waals surface area contributed by atoms with Crippen LogP contribution in [0.1, 0.15) is 30.0 Å². The largest absolute Gasteiger partial charge is 0.381 e. The Morgan fingerprint density at radius 2 is 2.29 bits per heavy atom. The Labute approximate surface area is 99.4 Å². The molecule has 1 saturated carbocycles. The minimum atomic E-state index is 0.582. The van der Waals surface area contributed by atoms with Crippen molar-refractivity contribution in [3.05, 3.63) is 23.7 Å². The number of hydrogen-bond acceptors (Lipinski definition) is 4. The molecule has 2 heterocycles. The molecule has 0 aliphatic heterocycles. The molecule has 0 spiro atoms. The first-order valence-electron chi connectivity index (χ1n) is 5.90. The van der Waals surface area contributed by atoms with E-state index in [-0.39, 0.29) is 0 Å². The fourth-order valence-corrected chi connectivity index (χ4v) is 2.11. The predicted molar refractivity (Wildman–Crippen MR) is 63.3 cm³/mol. The van der Waals surface area contributed by atoms with E-state index in [0.29, 0.717) is 11.7 Å². The van der Waals surface area contributed by atoms with Crippen molar-refractivity contribution in [3.63, 3.8) is 0 Å². The number of anilines is 1. The molecule has 1 aliphatic carbocycles. The van der Waals surface area contributed by atoms with Crippen LogP contribution in [0.4, 0.5) is 5.82 Å². The molecule has 6 heteroatoms. The number of nitrogen functional groups attached to an aromatic ring is 1. The first-order valence-corrected chi connectivity index (χ1v) is 5.90. The van der Waals surface area contributed by atoms with Gasteiger partial charge in [-0.25, -0.2) is 4.68 Å². The summed E-state index contributed by atoms with van der Waals surface area (Å²) in [5.74, 6) is 1.18. The molecule has 0 amide bonds. The first kappa shape index (κ1) is 10.3. The van der Waals surface area contributed by atoms with Crippen molar-refractivity contribution in [3.8, 4) is 0 Å². The lowest BCUT2D eigenvalue weighted by Crippen LogP contribution is -2.07. The van der Waals surface area contributed by atoms with Crippen LogP contribution in [0.5, 0.6) is 0 Å². The van der Waals surface area contributed by atoms with Crippen molar-refractivity contribution < 1.29 is 0 Å². The summed E-state index contributed by atoms with van der Waals surface area (Å²) in [6, 6.07) is 0. The van der Waals surface area contributed by atoms with Crippen LogP contribution in [0.2, 0.25) is 0 Å². The summed E-state index contributed by atoms with van der Waals surface area (Å²) < 4.78 is 3.76. The average molecular weight is 232 g/mol. The second-order valence-electron chi connectivity index (χ2n) is 4.63. The monoisotopic (exact) mass is 232 g/mol. The van der Waals surface area contributed by atoms with E-state index in [9.17, 15) is 0 Å². The van der Waals surface area contributed by atoms with E-state index < -0.39 is 0 Å². The van der Waals surface area contributed by atoms with Crippen LogP contribution in [0.15, 0.2) is 12.4 Å². The van der Waals surface area contributed by atoms with Crippen LogP contribution < -0.4 is 5.73 Å². The van der Waals surface area contributed by atoms with E-state index in [4.69, 9.17) is 5.73 Å². The van der Waals surface area contributed by atoms with Gasteiger partial charge < -0.3 is 5.73 Å². The molecule has 1 fully saturated rings. The van der Waals surface area contributed by atoms with Crippen LogP contribution in [-0.4, -0.2) is 24.8 Å². The number of aromatic nitrogens is 5. The maximum atomic E-state index is 5.84. The standard InChI is InChI=1S/C11H16N6/c1-16-7-8(6-13-16)4-5-17-10(9-2-3-9)11(12)14-15-17/h6-7,9H,2-5,12H2,1H3. The quantitative estimate of drug-likeness (QED) is 0.842. The summed E-state index contributed by atoms with van der Waals surface area (Å²) in [6.07, 6.45) is 7.25. The molecule has 6 nitrogen and oxygen atoms in total. The first-order chi connectivity index (χ1) is 8.24. The summed E-state index contributed by atoms with van der Waals surface area (Å²) in [7, 11) is 1.92. The second-order valence-corrected chi connectivity index (χ2v) is 4.63. The second kappa shape index (κ2) is 3.87. The SMILES string of the molecule is Cn1cc(CCn2nnc(N)c2C2CC2)cn1. The smallest absolute Gasteiger partial charge is 0.169 e. The highest BCUT2D eigenvalue weighted by Gasteiger charge is 2.30. The number of nitrogens with two attached hydrogens (primary N) is 1. The molecule has 2 N–H and O–H groups in total.